The number of nitro groups is 1. The summed E-state index contributed by atoms with van der Waals surface area (Å²) in [5, 5.41) is 10.2. The van der Waals surface area contributed by atoms with Crippen molar-refractivity contribution in [2.45, 2.75) is 33.6 Å². The van der Waals surface area contributed by atoms with Crippen LogP contribution in [0, 0.1) is 10.1 Å². The summed E-state index contributed by atoms with van der Waals surface area (Å²) in [5.74, 6) is 0. The quantitative estimate of drug-likeness (QED) is 0.357. The Morgan fingerprint density at radius 2 is 1.91 bits per heavy atom. The zero-order valence-corrected chi connectivity index (χ0v) is 7.39. The lowest BCUT2D eigenvalue weighted by Gasteiger charge is -2.02. The van der Waals surface area contributed by atoms with Crippen molar-refractivity contribution in [2.24, 2.45) is 0 Å². The van der Waals surface area contributed by atoms with E-state index in [-0.39, 0.29) is 11.5 Å². The molecule has 0 aromatic rings. The molecule has 0 aliphatic carbocycles. The molecule has 3 nitrogen and oxygen atoms in total. The maximum Gasteiger partial charge on any atom is 0.225 e. The van der Waals surface area contributed by atoms with E-state index < -0.39 is 0 Å². The van der Waals surface area contributed by atoms with Crippen LogP contribution in [0.1, 0.15) is 33.6 Å². The van der Waals surface area contributed by atoms with E-state index in [1.165, 1.54) is 0 Å². The van der Waals surface area contributed by atoms with Gasteiger partial charge in [0, 0.05) is 4.92 Å². The molecule has 0 aliphatic heterocycles. The molecule has 0 aromatic carbocycles. The molecule has 0 unspecified atom stereocenters. The van der Waals surface area contributed by atoms with Gasteiger partial charge in [-0.05, 0) is 25.3 Å². The fraction of sp³-hybridized carbons (Fsp3) is 0.750. The van der Waals surface area contributed by atoms with Crippen LogP contribution in [0.15, 0.2) is 11.1 Å². The van der Waals surface area contributed by atoms with Crippen molar-refractivity contribution in [3.8, 4) is 0 Å². The van der Waals surface area contributed by atoms with Crippen LogP contribution >= 0.6 is 0 Å². The molecular formula is C8H15NO2. The number of nitrogens with zero attached hydrogens (tertiary/aromatic N) is 1. The molecule has 0 atom stereocenters. The molecule has 0 fully saturated rings. The molecule has 0 N–H and O–H groups in total. The minimum absolute atomic E-state index is 0.0101. The topological polar surface area (TPSA) is 43.1 Å². The molecule has 0 rings (SSSR count). The van der Waals surface area contributed by atoms with Crippen LogP contribution in [0.4, 0.5) is 0 Å². The zero-order chi connectivity index (χ0) is 8.85. The third-order valence-corrected chi connectivity index (χ3v) is 1.88. The van der Waals surface area contributed by atoms with E-state index >= 15 is 0 Å². The zero-order valence-electron chi connectivity index (χ0n) is 7.39. The van der Waals surface area contributed by atoms with Crippen LogP contribution in [0.25, 0.3) is 0 Å². The van der Waals surface area contributed by atoms with Crippen LogP contribution in [-0.4, -0.2) is 11.5 Å². The van der Waals surface area contributed by atoms with Crippen molar-refractivity contribution in [1.82, 2.24) is 0 Å². The highest BCUT2D eigenvalue weighted by Gasteiger charge is 2.05. The van der Waals surface area contributed by atoms with Gasteiger partial charge in [0.05, 0.1) is 0 Å². The van der Waals surface area contributed by atoms with Crippen molar-refractivity contribution < 1.29 is 4.92 Å². The summed E-state index contributed by atoms with van der Waals surface area (Å²) in [6.45, 7) is 5.95. The lowest BCUT2D eigenvalue weighted by atomic mass is 10.1. The molecule has 0 spiro atoms. The largest absolute Gasteiger partial charge is 0.264 e. The van der Waals surface area contributed by atoms with Crippen LogP contribution in [-0.2, 0) is 0 Å². The van der Waals surface area contributed by atoms with Crippen LogP contribution in [0.3, 0.4) is 0 Å². The molecule has 11 heavy (non-hydrogen) atoms. The van der Waals surface area contributed by atoms with E-state index in [1.807, 2.05) is 20.8 Å². The Morgan fingerprint density at radius 3 is 2.18 bits per heavy atom. The highest BCUT2D eigenvalue weighted by atomic mass is 16.6. The summed E-state index contributed by atoms with van der Waals surface area (Å²) in [6, 6.07) is 0. The van der Waals surface area contributed by atoms with Gasteiger partial charge in [-0.15, -0.1) is 0 Å². The molecule has 3 heteroatoms. The van der Waals surface area contributed by atoms with Gasteiger partial charge in [-0.1, -0.05) is 19.4 Å². The second kappa shape index (κ2) is 4.88. The van der Waals surface area contributed by atoms with E-state index in [4.69, 9.17) is 0 Å². The SMILES string of the molecule is CCC(C)=C(CC)C[N+](=O)[O-]. The second-order valence-corrected chi connectivity index (χ2v) is 2.58. The van der Waals surface area contributed by atoms with Crippen LogP contribution < -0.4 is 0 Å². The first-order chi connectivity index (χ1) is 5.11. The van der Waals surface area contributed by atoms with E-state index in [0.29, 0.717) is 0 Å². The van der Waals surface area contributed by atoms with Crippen molar-refractivity contribution in [3.05, 3.63) is 21.3 Å². The van der Waals surface area contributed by atoms with Crippen molar-refractivity contribution >= 4 is 0 Å². The highest BCUT2D eigenvalue weighted by molar-refractivity contribution is 5.11. The van der Waals surface area contributed by atoms with Gasteiger partial charge in [0.1, 0.15) is 0 Å². The lowest BCUT2D eigenvalue weighted by molar-refractivity contribution is -0.471. The van der Waals surface area contributed by atoms with Gasteiger partial charge in [-0.3, -0.25) is 10.1 Å². The van der Waals surface area contributed by atoms with Gasteiger partial charge in [-0.2, -0.15) is 0 Å². The van der Waals surface area contributed by atoms with E-state index in [9.17, 15) is 10.1 Å². The van der Waals surface area contributed by atoms with Crippen LogP contribution in [0.2, 0.25) is 0 Å². The van der Waals surface area contributed by atoms with Gasteiger partial charge >= 0.3 is 0 Å². The molecule has 64 valence electrons. The predicted octanol–water partition coefficient (Wildman–Crippen LogP) is 2.40. The average Bonchev–Trinajstić information content (AvgIpc) is 1.98. The van der Waals surface area contributed by atoms with Gasteiger partial charge in [0.25, 0.3) is 0 Å². The molecule has 0 bridgehead atoms. The smallest absolute Gasteiger partial charge is 0.225 e. The van der Waals surface area contributed by atoms with Gasteiger partial charge in [0.2, 0.25) is 6.54 Å². The highest BCUT2D eigenvalue weighted by Crippen LogP contribution is 2.11. The molecule has 0 heterocycles. The van der Waals surface area contributed by atoms with Crippen LogP contribution in [0.5, 0.6) is 0 Å². The van der Waals surface area contributed by atoms with Crippen molar-refractivity contribution in [2.75, 3.05) is 6.54 Å². The molecular weight excluding hydrogens is 142 g/mol. The summed E-state index contributed by atoms with van der Waals surface area (Å²) in [5.41, 5.74) is 2.13. The molecule has 0 saturated heterocycles. The summed E-state index contributed by atoms with van der Waals surface area (Å²) in [6.07, 6.45) is 1.71. The number of hydrogen-bond acceptors (Lipinski definition) is 2. The Labute approximate surface area is 67.3 Å². The summed E-state index contributed by atoms with van der Waals surface area (Å²) in [4.78, 5) is 9.89. The van der Waals surface area contributed by atoms with Gasteiger partial charge in [0.15, 0.2) is 0 Å². The Kier molecular flexibility index (Phi) is 4.50. The average molecular weight is 157 g/mol. The van der Waals surface area contributed by atoms with Crippen molar-refractivity contribution in [1.29, 1.82) is 0 Å². The van der Waals surface area contributed by atoms with Gasteiger partial charge in [-0.25, -0.2) is 0 Å². The van der Waals surface area contributed by atoms with Gasteiger partial charge < -0.3 is 0 Å². The number of rotatable bonds is 4. The Morgan fingerprint density at radius 1 is 1.36 bits per heavy atom. The fourth-order valence-electron chi connectivity index (χ4n) is 0.954. The summed E-state index contributed by atoms with van der Waals surface area (Å²) in [7, 11) is 0. The molecule has 0 saturated carbocycles. The molecule has 0 aromatic heterocycles. The second-order valence-electron chi connectivity index (χ2n) is 2.58. The van der Waals surface area contributed by atoms with Crippen molar-refractivity contribution in [3.63, 3.8) is 0 Å². The first-order valence-corrected chi connectivity index (χ1v) is 3.91. The first-order valence-electron chi connectivity index (χ1n) is 3.91. The Bertz CT molecular complexity index is 173. The van der Waals surface area contributed by atoms with E-state index in [0.717, 1.165) is 24.0 Å². The summed E-state index contributed by atoms with van der Waals surface area (Å²) >= 11 is 0. The Balaban J connectivity index is 4.26. The maximum absolute atomic E-state index is 10.2. The predicted molar refractivity (Wildman–Crippen MR) is 45.1 cm³/mol. The Hall–Kier alpha value is -0.860. The first kappa shape index (κ1) is 10.1. The molecule has 0 aliphatic rings. The third kappa shape index (κ3) is 3.75. The minimum Gasteiger partial charge on any atom is -0.264 e. The molecule has 0 radical (unpaired) electrons. The van der Waals surface area contributed by atoms with E-state index in [2.05, 4.69) is 0 Å². The molecule has 0 amide bonds. The minimum atomic E-state index is -0.266. The third-order valence-electron chi connectivity index (χ3n) is 1.88. The standard InChI is InChI=1S/C8H15NO2/c1-4-7(3)8(5-2)6-9(10)11/h4-6H2,1-3H3. The lowest BCUT2D eigenvalue weighted by Crippen LogP contribution is -2.05. The number of hydrogen-bond donors (Lipinski definition) is 0. The fourth-order valence-corrected chi connectivity index (χ4v) is 0.954. The number of allylic oxidation sites excluding steroid dienone is 1. The summed E-state index contributed by atoms with van der Waals surface area (Å²) < 4.78 is 0. The monoisotopic (exact) mass is 157 g/mol. The van der Waals surface area contributed by atoms with E-state index in [1.54, 1.807) is 0 Å². The maximum atomic E-state index is 10.2. The normalized spacial score (nSPS) is 12.6.